The highest BCUT2D eigenvalue weighted by atomic mass is 16.6. The van der Waals surface area contributed by atoms with Crippen LogP contribution in [0.15, 0.2) is 17.1 Å². The summed E-state index contributed by atoms with van der Waals surface area (Å²) in [5, 5.41) is 0. The van der Waals surface area contributed by atoms with E-state index in [1.54, 1.807) is 6.92 Å². The number of rotatable bonds is 8. The number of esters is 2. The van der Waals surface area contributed by atoms with Crippen molar-refractivity contribution >= 4 is 17.8 Å². The van der Waals surface area contributed by atoms with E-state index in [1.807, 2.05) is 27.7 Å². The Morgan fingerprint density at radius 2 is 1.90 bits per heavy atom. The minimum absolute atomic E-state index is 0.0883. The monoisotopic (exact) mass is 424 g/mol. The molecule has 0 amide bonds. The number of nitrogen functional groups attached to an aromatic ring is 1. The Morgan fingerprint density at radius 1 is 1.23 bits per heavy atom. The molecule has 5 atom stereocenters. The molecule has 2 heterocycles. The Balaban J connectivity index is 2.16. The zero-order valence-electron chi connectivity index (χ0n) is 18.1. The number of nitrogens with two attached hydrogens (primary N) is 2. The van der Waals surface area contributed by atoms with Crippen molar-refractivity contribution in [3.8, 4) is 0 Å². The molecule has 10 heteroatoms. The third-order valence-corrected chi connectivity index (χ3v) is 5.36. The lowest BCUT2D eigenvalue weighted by Crippen LogP contribution is -2.40. The second-order valence-electron chi connectivity index (χ2n) is 8.32. The SMILES string of the molecule is CC(C)[C@H](C)C(=O)O[C@@H]1C[C@H](n2ccc(N)nc2=O)O[C@H]1COC(=O)[C@@H](N)C(C)C. The fourth-order valence-corrected chi connectivity index (χ4v) is 2.85. The van der Waals surface area contributed by atoms with Crippen molar-refractivity contribution in [2.75, 3.05) is 12.3 Å². The molecule has 0 bridgehead atoms. The summed E-state index contributed by atoms with van der Waals surface area (Å²) in [6, 6.07) is 0.704. The first-order chi connectivity index (χ1) is 14.0. The lowest BCUT2D eigenvalue weighted by atomic mass is 9.98. The van der Waals surface area contributed by atoms with Crippen LogP contribution in [-0.2, 0) is 23.8 Å². The van der Waals surface area contributed by atoms with E-state index in [0.717, 1.165) is 0 Å². The molecule has 1 aromatic heterocycles. The van der Waals surface area contributed by atoms with Crippen molar-refractivity contribution in [1.29, 1.82) is 0 Å². The maximum atomic E-state index is 12.5. The predicted octanol–water partition coefficient (Wildman–Crippen LogP) is 0.843. The molecule has 1 aliphatic heterocycles. The summed E-state index contributed by atoms with van der Waals surface area (Å²) >= 11 is 0. The molecule has 0 saturated carbocycles. The molecule has 0 spiro atoms. The highest BCUT2D eigenvalue weighted by molar-refractivity contribution is 5.75. The van der Waals surface area contributed by atoms with E-state index in [1.165, 1.54) is 16.8 Å². The van der Waals surface area contributed by atoms with Gasteiger partial charge in [-0.15, -0.1) is 0 Å². The van der Waals surface area contributed by atoms with E-state index < -0.39 is 36.1 Å². The van der Waals surface area contributed by atoms with Gasteiger partial charge in [0.25, 0.3) is 0 Å². The summed E-state index contributed by atoms with van der Waals surface area (Å²) in [7, 11) is 0. The van der Waals surface area contributed by atoms with Crippen molar-refractivity contribution < 1.29 is 23.8 Å². The van der Waals surface area contributed by atoms with Gasteiger partial charge in [-0.1, -0.05) is 34.6 Å². The first-order valence-corrected chi connectivity index (χ1v) is 10.1. The standard InChI is InChI=1S/C20H32N4O6/c1-10(2)12(5)18(25)30-13-8-16(24-7-6-15(21)23-20(24)27)29-14(13)9-28-19(26)17(22)11(3)4/h6-7,10-14,16-17H,8-9,22H2,1-5H3,(H2,21,23,27)/t12-,13+,14-,16+,17-/m0/s1. The van der Waals surface area contributed by atoms with Gasteiger partial charge in [-0.05, 0) is 17.9 Å². The number of carbonyl (C=O) groups is 2. The average molecular weight is 424 g/mol. The summed E-state index contributed by atoms with van der Waals surface area (Å²) in [6.45, 7) is 9.10. The molecule has 1 fully saturated rings. The molecule has 1 saturated heterocycles. The summed E-state index contributed by atoms with van der Waals surface area (Å²) in [6.07, 6.45) is -0.503. The number of aromatic nitrogens is 2. The molecular weight excluding hydrogens is 392 g/mol. The number of nitrogens with zero attached hydrogens (tertiary/aromatic N) is 2. The topological polar surface area (TPSA) is 149 Å². The van der Waals surface area contributed by atoms with Gasteiger partial charge in [0.2, 0.25) is 0 Å². The smallest absolute Gasteiger partial charge is 0.351 e. The van der Waals surface area contributed by atoms with Crippen LogP contribution < -0.4 is 17.2 Å². The van der Waals surface area contributed by atoms with Gasteiger partial charge in [0.15, 0.2) is 0 Å². The molecule has 10 nitrogen and oxygen atoms in total. The molecule has 30 heavy (non-hydrogen) atoms. The lowest BCUT2D eigenvalue weighted by Gasteiger charge is -2.23. The molecule has 0 unspecified atom stereocenters. The molecule has 0 radical (unpaired) electrons. The third-order valence-electron chi connectivity index (χ3n) is 5.36. The van der Waals surface area contributed by atoms with Gasteiger partial charge < -0.3 is 25.7 Å². The molecule has 4 N–H and O–H groups in total. The summed E-state index contributed by atoms with van der Waals surface area (Å²) < 4.78 is 18.1. The van der Waals surface area contributed by atoms with Crippen LogP contribution in [-0.4, -0.2) is 46.3 Å². The zero-order valence-corrected chi connectivity index (χ0v) is 18.1. The molecule has 1 aromatic rings. The maximum absolute atomic E-state index is 12.5. The molecule has 1 aliphatic rings. The Hall–Kier alpha value is -2.46. The van der Waals surface area contributed by atoms with Crippen LogP contribution in [0.5, 0.6) is 0 Å². The molecule has 0 aromatic carbocycles. The van der Waals surface area contributed by atoms with E-state index in [0.29, 0.717) is 0 Å². The van der Waals surface area contributed by atoms with E-state index in [-0.39, 0.29) is 42.6 Å². The number of hydrogen-bond acceptors (Lipinski definition) is 9. The zero-order chi connectivity index (χ0) is 22.6. The van der Waals surface area contributed by atoms with Gasteiger partial charge in [-0.2, -0.15) is 4.98 Å². The third kappa shape index (κ3) is 5.79. The highest BCUT2D eigenvalue weighted by Crippen LogP contribution is 2.31. The predicted molar refractivity (Wildman–Crippen MR) is 109 cm³/mol. The van der Waals surface area contributed by atoms with Crippen LogP contribution in [0, 0.1) is 17.8 Å². The molecular formula is C20H32N4O6. The minimum atomic E-state index is -0.770. The fourth-order valence-electron chi connectivity index (χ4n) is 2.85. The van der Waals surface area contributed by atoms with Crippen LogP contribution in [0.4, 0.5) is 5.82 Å². The first kappa shape index (κ1) is 23.8. The van der Waals surface area contributed by atoms with Crippen LogP contribution in [0.3, 0.4) is 0 Å². The van der Waals surface area contributed by atoms with Gasteiger partial charge in [-0.3, -0.25) is 14.2 Å². The Morgan fingerprint density at radius 3 is 2.47 bits per heavy atom. The Bertz CT molecular complexity index is 809. The second-order valence-corrected chi connectivity index (χ2v) is 8.32. The largest absolute Gasteiger partial charge is 0.462 e. The van der Waals surface area contributed by atoms with Gasteiger partial charge in [0.1, 0.15) is 36.9 Å². The number of ether oxygens (including phenoxy) is 3. The number of hydrogen-bond donors (Lipinski definition) is 2. The van der Waals surface area contributed by atoms with Gasteiger partial charge in [0.05, 0.1) is 5.92 Å². The second kappa shape index (κ2) is 10.0. The number of anilines is 1. The van der Waals surface area contributed by atoms with Crippen molar-refractivity contribution in [3.63, 3.8) is 0 Å². The number of carbonyl (C=O) groups excluding carboxylic acids is 2. The minimum Gasteiger partial charge on any atom is -0.462 e. The summed E-state index contributed by atoms with van der Waals surface area (Å²) in [5.41, 5.74) is 10.8. The van der Waals surface area contributed by atoms with E-state index in [4.69, 9.17) is 25.7 Å². The average Bonchev–Trinajstić information content (AvgIpc) is 3.06. The molecule has 0 aliphatic carbocycles. The molecule has 2 rings (SSSR count). The van der Waals surface area contributed by atoms with Crippen LogP contribution in [0.1, 0.15) is 47.3 Å². The van der Waals surface area contributed by atoms with Gasteiger partial charge in [0, 0.05) is 12.6 Å². The van der Waals surface area contributed by atoms with Crippen molar-refractivity contribution in [3.05, 3.63) is 22.7 Å². The quantitative estimate of drug-likeness (QED) is 0.579. The Labute approximate surface area is 175 Å². The van der Waals surface area contributed by atoms with E-state index >= 15 is 0 Å². The fraction of sp³-hybridized carbons (Fsp3) is 0.700. The van der Waals surface area contributed by atoms with E-state index in [9.17, 15) is 14.4 Å². The van der Waals surface area contributed by atoms with Crippen molar-refractivity contribution in [2.45, 2.75) is 65.5 Å². The van der Waals surface area contributed by atoms with Crippen LogP contribution >= 0.6 is 0 Å². The first-order valence-electron chi connectivity index (χ1n) is 10.1. The normalized spacial score (nSPS) is 23.4. The maximum Gasteiger partial charge on any atom is 0.351 e. The highest BCUT2D eigenvalue weighted by Gasteiger charge is 2.41. The molecule has 168 valence electrons. The van der Waals surface area contributed by atoms with Crippen molar-refractivity contribution in [2.24, 2.45) is 23.5 Å². The van der Waals surface area contributed by atoms with E-state index in [2.05, 4.69) is 4.98 Å². The van der Waals surface area contributed by atoms with Gasteiger partial charge in [-0.25, -0.2) is 4.79 Å². The summed E-state index contributed by atoms with van der Waals surface area (Å²) in [4.78, 5) is 40.5. The van der Waals surface area contributed by atoms with Crippen LogP contribution in [0.2, 0.25) is 0 Å². The lowest BCUT2D eigenvalue weighted by molar-refractivity contribution is -0.163. The van der Waals surface area contributed by atoms with Gasteiger partial charge >= 0.3 is 17.6 Å². The van der Waals surface area contributed by atoms with Crippen molar-refractivity contribution in [1.82, 2.24) is 9.55 Å². The summed E-state index contributed by atoms with van der Waals surface area (Å²) in [5.74, 6) is -1.16. The Kier molecular flexibility index (Phi) is 7.96. The van der Waals surface area contributed by atoms with Crippen LogP contribution in [0.25, 0.3) is 0 Å².